The normalized spacial score (nSPS) is 18.3. The summed E-state index contributed by atoms with van der Waals surface area (Å²) in [6, 6.07) is 6.60. The highest BCUT2D eigenvalue weighted by Crippen LogP contribution is 2.33. The molecule has 1 aromatic carbocycles. The maximum atomic E-state index is 11.8. The highest BCUT2D eigenvalue weighted by molar-refractivity contribution is 7.14. The number of hydrogen-bond donors (Lipinski definition) is 1. The van der Waals surface area contributed by atoms with Gasteiger partial charge in [0.1, 0.15) is 0 Å². The molecule has 1 fully saturated rings. The summed E-state index contributed by atoms with van der Waals surface area (Å²) in [7, 11) is 1.83. The summed E-state index contributed by atoms with van der Waals surface area (Å²) in [5.41, 5.74) is 4.13. The molecule has 0 spiro atoms. The minimum absolute atomic E-state index is 0.150. The SMILES string of the molecule is CN1C(=O)Cc2cc(-c3csc(NC4CCOCC4)n3)ccc21. The van der Waals surface area contributed by atoms with Gasteiger partial charge in [0.25, 0.3) is 0 Å². The standard InChI is InChI=1S/C17H19N3O2S/c1-20-15-3-2-11(8-12(15)9-16(20)21)14-10-23-17(19-14)18-13-4-6-22-7-5-13/h2-3,8,10,13H,4-7,9H2,1H3,(H,18,19). The molecular formula is C17H19N3O2S. The van der Waals surface area contributed by atoms with Crippen molar-refractivity contribution in [2.45, 2.75) is 25.3 Å². The fourth-order valence-corrected chi connectivity index (χ4v) is 3.92. The molecule has 0 atom stereocenters. The summed E-state index contributed by atoms with van der Waals surface area (Å²) in [5, 5.41) is 6.53. The van der Waals surface area contributed by atoms with E-state index in [-0.39, 0.29) is 5.91 Å². The molecule has 1 N–H and O–H groups in total. The zero-order valence-corrected chi connectivity index (χ0v) is 13.9. The Labute approximate surface area is 139 Å². The zero-order chi connectivity index (χ0) is 15.8. The van der Waals surface area contributed by atoms with Gasteiger partial charge in [0.05, 0.1) is 12.1 Å². The van der Waals surface area contributed by atoms with Crippen LogP contribution in [0.1, 0.15) is 18.4 Å². The fourth-order valence-electron chi connectivity index (χ4n) is 3.12. The highest BCUT2D eigenvalue weighted by Gasteiger charge is 2.24. The molecule has 1 amide bonds. The molecule has 4 rings (SSSR count). The van der Waals surface area contributed by atoms with E-state index < -0.39 is 0 Å². The van der Waals surface area contributed by atoms with E-state index in [4.69, 9.17) is 9.72 Å². The fraction of sp³-hybridized carbons (Fsp3) is 0.412. The van der Waals surface area contributed by atoms with E-state index in [9.17, 15) is 4.79 Å². The Hall–Kier alpha value is -1.92. The summed E-state index contributed by atoms with van der Waals surface area (Å²) in [4.78, 5) is 18.2. The number of benzene rings is 1. The van der Waals surface area contributed by atoms with Crippen LogP contribution in [-0.2, 0) is 16.0 Å². The largest absolute Gasteiger partial charge is 0.381 e. The third-order valence-electron chi connectivity index (χ3n) is 4.51. The lowest BCUT2D eigenvalue weighted by atomic mass is 10.1. The smallest absolute Gasteiger partial charge is 0.231 e. The second-order valence-corrected chi connectivity index (χ2v) is 6.90. The quantitative estimate of drug-likeness (QED) is 0.941. The lowest BCUT2D eigenvalue weighted by Crippen LogP contribution is -2.27. The highest BCUT2D eigenvalue weighted by atomic mass is 32.1. The summed E-state index contributed by atoms with van der Waals surface area (Å²) in [6.07, 6.45) is 2.54. The third-order valence-corrected chi connectivity index (χ3v) is 5.28. The molecule has 120 valence electrons. The van der Waals surface area contributed by atoms with Gasteiger partial charge >= 0.3 is 0 Å². The van der Waals surface area contributed by atoms with Gasteiger partial charge in [0.15, 0.2) is 5.13 Å². The second kappa shape index (κ2) is 5.94. The van der Waals surface area contributed by atoms with Crippen LogP contribution in [0.4, 0.5) is 10.8 Å². The molecule has 2 aliphatic heterocycles. The van der Waals surface area contributed by atoms with Crippen molar-refractivity contribution < 1.29 is 9.53 Å². The molecule has 5 nitrogen and oxygen atoms in total. The Kier molecular flexibility index (Phi) is 3.79. The first-order valence-electron chi connectivity index (χ1n) is 7.90. The number of likely N-dealkylation sites (N-methyl/N-ethyl adjacent to an activating group) is 1. The molecule has 0 aliphatic carbocycles. The van der Waals surface area contributed by atoms with Crippen LogP contribution in [0.25, 0.3) is 11.3 Å². The number of hydrogen-bond acceptors (Lipinski definition) is 5. The number of rotatable bonds is 3. The van der Waals surface area contributed by atoms with Gasteiger partial charge in [-0.25, -0.2) is 4.98 Å². The first-order valence-corrected chi connectivity index (χ1v) is 8.78. The van der Waals surface area contributed by atoms with Crippen LogP contribution >= 0.6 is 11.3 Å². The predicted octanol–water partition coefficient (Wildman–Crippen LogP) is 2.92. The van der Waals surface area contributed by atoms with Crippen LogP contribution in [0.15, 0.2) is 23.6 Å². The van der Waals surface area contributed by atoms with Crippen LogP contribution in [0.5, 0.6) is 0 Å². The van der Waals surface area contributed by atoms with Crippen molar-refractivity contribution >= 4 is 28.1 Å². The maximum Gasteiger partial charge on any atom is 0.231 e. The molecule has 0 saturated carbocycles. The molecule has 1 saturated heterocycles. The number of amides is 1. The minimum Gasteiger partial charge on any atom is -0.381 e. The molecule has 1 aromatic heterocycles. The summed E-state index contributed by atoms with van der Waals surface area (Å²) < 4.78 is 5.38. The van der Waals surface area contributed by atoms with Crippen LogP contribution in [-0.4, -0.2) is 37.2 Å². The first kappa shape index (κ1) is 14.7. The van der Waals surface area contributed by atoms with Crippen LogP contribution in [0, 0.1) is 0 Å². The molecule has 2 aromatic rings. The Morgan fingerprint density at radius 3 is 3.00 bits per heavy atom. The van der Waals surface area contributed by atoms with Crippen LogP contribution in [0.2, 0.25) is 0 Å². The molecule has 3 heterocycles. The van der Waals surface area contributed by atoms with E-state index in [1.807, 2.05) is 19.2 Å². The zero-order valence-electron chi connectivity index (χ0n) is 13.0. The monoisotopic (exact) mass is 329 g/mol. The minimum atomic E-state index is 0.150. The Balaban J connectivity index is 1.53. The van der Waals surface area contributed by atoms with Crippen LogP contribution in [0.3, 0.4) is 0 Å². The molecule has 6 heteroatoms. The van der Waals surface area contributed by atoms with Crippen molar-refractivity contribution in [3.8, 4) is 11.3 Å². The molecule has 0 radical (unpaired) electrons. The second-order valence-electron chi connectivity index (χ2n) is 6.04. The van der Waals surface area contributed by atoms with Crippen molar-refractivity contribution in [1.82, 2.24) is 4.98 Å². The number of carbonyl (C=O) groups excluding carboxylic acids is 1. The van der Waals surface area contributed by atoms with Gasteiger partial charge < -0.3 is 15.0 Å². The van der Waals surface area contributed by atoms with E-state index in [1.54, 1.807) is 16.2 Å². The molecule has 2 aliphatic rings. The van der Waals surface area contributed by atoms with E-state index in [2.05, 4.69) is 16.8 Å². The van der Waals surface area contributed by atoms with Gasteiger partial charge in [0, 0.05) is 42.9 Å². The molecule has 23 heavy (non-hydrogen) atoms. The Bertz CT molecular complexity index is 737. The lowest BCUT2D eigenvalue weighted by Gasteiger charge is -2.22. The van der Waals surface area contributed by atoms with Gasteiger partial charge in [0.2, 0.25) is 5.91 Å². The number of ether oxygens (including phenoxy) is 1. The number of carbonyl (C=O) groups is 1. The number of nitrogens with zero attached hydrogens (tertiary/aromatic N) is 2. The Morgan fingerprint density at radius 1 is 1.35 bits per heavy atom. The summed E-state index contributed by atoms with van der Waals surface area (Å²) >= 11 is 1.63. The topological polar surface area (TPSA) is 54.5 Å². The van der Waals surface area contributed by atoms with E-state index in [0.717, 1.165) is 53.7 Å². The molecular weight excluding hydrogens is 310 g/mol. The van der Waals surface area contributed by atoms with Crippen molar-refractivity contribution in [2.24, 2.45) is 0 Å². The number of aromatic nitrogens is 1. The van der Waals surface area contributed by atoms with E-state index in [0.29, 0.717) is 12.5 Å². The third kappa shape index (κ3) is 2.84. The van der Waals surface area contributed by atoms with Gasteiger partial charge in [-0.15, -0.1) is 11.3 Å². The van der Waals surface area contributed by atoms with E-state index >= 15 is 0 Å². The van der Waals surface area contributed by atoms with Crippen molar-refractivity contribution in [1.29, 1.82) is 0 Å². The van der Waals surface area contributed by atoms with Crippen LogP contribution < -0.4 is 10.2 Å². The van der Waals surface area contributed by atoms with Gasteiger partial charge in [-0.3, -0.25) is 4.79 Å². The maximum absolute atomic E-state index is 11.8. The number of nitrogens with one attached hydrogen (secondary N) is 1. The predicted molar refractivity (Wildman–Crippen MR) is 92.1 cm³/mol. The molecule has 0 bridgehead atoms. The lowest BCUT2D eigenvalue weighted by molar-refractivity contribution is -0.117. The average Bonchev–Trinajstić information content (AvgIpc) is 3.14. The van der Waals surface area contributed by atoms with Crippen molar-refractivity contribution in [3.05, 3.63) is 29.1 Å². The number of thiazole rings is 1. The first-order chi connectivity index (χ1) is 11.2. The Morgan fingerprint density at radius 2 is 2.17 bits per heavy atom. The summed E-state index contributed by atoms with van der Waals surface area (Å²) in [6.45, 7) is 1.64. The van der Waals surface area contributed by atoms with Crippen molar-refractivity contribution in [2.75, 3.05) is 30.5 Å². The van der Waals surface area contributed by atoms with Crippen molar-refractivity contribution in [3.63, 3.8) is 0 Å². The number of anilines is 2. The number of fused-ring (bicyclic) bond motifs is 1. The van der Waals surface area contributed by atoms with Gasteiger partial charge in [-0.1, -0.05) is 6.07 Å². The van der Waals surface area contributed by atoms with Gasteiger partial charge in [-0.2, -0.15) is 0 Å². The van der Waals surface area contributed by atoms with E-state index in [1.165, 1.54) is 0 Å². The van der Waals surface area contributed by atoms with Gasteiger partial charge in [-0.05, 0) is 30.5 Å². The average molecular weight is 329 g/mol. The molecule has 0 unspecified atom stereocenters. The summed E-state index contributed by atoms with van der Waals surface area (Å²) in [5.74, 6) is 0.150.